The average Bonchev–Trinajstić information content (AvgIpc) is 2.53. The van der Waals surface area contributed by atoms with E-state index in [4.69, 9.17) is 11.0 Å². The number of nitriles is 1. The van der Waals surface area contributed by atoms with E-state index >= 15 is 0 Å². The second-order valence-electron chi connectivity index (χ2n) is 5.08. The fourth-order valence-corrected chi connectivity index (χ4v) is 2.08. The molecule has 0 spiro atoms. The minimum Gasteiger partial charge on any atom is -0.368 e. The molecular formula is C16H16N4O2. The molecule has 6 heteroatoms. The number of amides is 2. The van der Waals surface area contributed by atoms with Crippen LogP contribution in [-0.4, -0.2) is 22.8 Å². The second kappa shape index (κ2) is 6.68. The third kappa shape index (κ3) is 3.58. The van der Waals surface area contributed by atoms with E-state index in [1.807, 2.05) is 24.3 Å². The number of primary amides is 1. The van der Waals surface area contributed by atoms with E-state index in [2.05, 4.69) is 10.3 Å². The standard InChI is InChI=1S/C16H16N4O2/c1-10(9-17)8-14(15(18)21)20-16(22)13-7-6-11-4-2-3-5-12(11)19-13/h2-7,10,14H,8H2,1H3,(H2,18,21)(H,20,22)/t10-,14+/m1/s1. The van der Waals surface area contributed by atoms with Crippen molar-refractivity contribution in [2.24, 2.45) is 11.7 Å². The van der Waals surface area contributed by atoms with Crippen molar-refractivity contribution in [1.29, 1.82) is 5.26 Å². The Labute approximate surface area is 127 Å². The zero-order chi connectivity index (χ0) is 16.1. The van der Waals surface area contributed by atoms with Crippen LogP contribution >= 0.6 is 0 Å². The predicted octanol–water partition coefficient (Wildman–Crippen LogP) is 1.37. The molecule has 2 aromatic rings. The topological polar surface area (TPSA) is 109 Å². The third-order valence-electron chi connectivity index (χ3n) is 3.29. The van der Waals surface area contributed by atoms with Crippen molar-refractivity contribution in [3.8, 4) is 6.07 Å². The van der Waals surface area contributed by atoms with E-state index < -0.39 is 17.9 Å². The summed E-state index contributed by atoms with van der Waals surface area (Å²) >= 11 is 0. The molecule has 1 aromatic heterocycles. The Bertz CT molecular complexity index is 751. The molecule has 0 radical (unpaired) electrons. The smallest absolute Gasteiger partial charge is 0.270 e. The number of carbonyl (C=O) groups excluding carboxylic acids is 2. The number of carbonyl (C=O) groups is 2. The fourth-order valence-electron chi connectivity index (χ4n) is 2.08. The molecule has 2 amide bonds. The van der Waals surface area contributed by atoms with Crippen molar-refractivity contribution in [3.05, 3.63) is 42.1 Å². The lowest BCUT2D eigenvalue weighted by molar-refractivity contribution is -0.120. The summed E-state index contributed by atoms with van der Waals surface area (Å²) in [6.45, 7) is 1.66. The Hall–Kier alpha value is -2.94. The van der Waals surface area contributed by atoms with Gasteiger partial charge in [-0.15, -0.1) is 0 Å². The van der Waals surface area contributed by atoms with Crippen LogP contribution in [0.2, 0.25) is 0 Å². The minimum absolute atomic E-state index is 0.172. The van der Waals surface area contributed by atoms with Crippen LogP contribution in [0.15, 0.2) is 36.4 Å². The second-order valence-corrected chi connectivity index (χ2v) is 5.08. The molecule has 1 aromatic carbocycles. The number of aromatic nitrogens is 1. The highest BCUT2D eigenvalue weighted by atomic mass is 16.2. The monoisotopic (exact) mass is 296 g/mol. The van der Waals surface area contributed by atoms with Gasteiger partial charge in [-0.05, 0) is 25.5 Å². The first-order valence-corrected chi connectivity index (χ1v) is 6.87. The average molecular weight is 296 g/mol. The molecule has 0 aliphatic rings. The van der Waals surface area contributed by atoms with Gasteiger partial charge in [0.25, 0.3) is 5.91 Å². The van der Waals surface area contributed by atoms with Crippen LogP contribution in [0, 0.1) is 17.2 Å². The SMILES string of the molecule is C[C@@H](C#N)C[C@H](NC(=O)c1ccc2ccccc2n1)C(N)=O. The lowest BCUT2D eigenvalue weighted by Gasteiger charge is -2.16. The largest absolute Gasteiger partial charge is 0.368 e. The van der Waals surface area contributed by atoms with Gasteiger partial charge in [-0.3, -0.25) is 9.59 Å². The van der Waals surface area contributed by atoms with Crippen LogP contribution in [0.3, 0.4) is 0 Å². The highest BCUT2D eigenvalue weighted by Gasteiger charge is 2.22. The van der Waals surface area contributed by atoms with Crippen LogP contribution in [0.25, 0.3) is 10.9 Å². The van der Waals surface area contributed by atoms with Gasteiger partial charge in [0.2, 0.25) is 5.91 Å². The first kappa shape index (κ1) is 15.4. The van der Waals surface area contributed by atoms with Gasteiger partial charge >= 0.3 is 0 Å². The summed E-state index contributed by atoms with van der Waals surface area (Å²) in [5.41, 5.74) is 6.17. The maximum absolute atomic E-state index is 12.2. The first-order valence-electron chi connectivity index (χ1n) is 6.87. The van der Waals surface area contributed by atoms with Crippen LogP contribution in [-0.2, 0) is 4.79 Å². The lowest BCUT2D eigenvalue weighted by Crippen LogP contribution is -2.45. The number of rotatable bonds is 5. The number of nitrogens with zero attached hydrogens (tertiary/aromatic N) is 2. The minimum atomic E-state index is -0.893. The summed E-state index contributed by atoms with van der Waals surface area (Å²) in [5, 5.41) is 12.3. The summed E-state index contributed by atoms with van der Waals surface area (Å²) in [6.07, 6.45) is 0.172. The summed E-state index contributed by atoms with van der Waals surface area (Å²) in [4.78, 5) is 27.9. The van der Waals surface area contributed by atoms with Crippen molar-refractivity contribution in [3.63, 3.8) is 0 Å². The number of pyridine rings is 1. The Kier molecular flexibility index (Phi) is 4.69. The number of nitrogens with two attached hydrogens (primary N) is 1. The molecule has 22 heavy (non-hydrogen) atoms. The van der Waals surface area contributed by atoms with Gasteiger partial charge in [-0.1, -0.05) is 24.3 Å². The van der Waals surface area contributed by atoms with Crippen molar-refractivity contribution >= 4 is 22.7 Å². The quantitative estimate of drug-likeness (QED) is 0.868. The Morgan fingerprint density at radius 2 is 2.05 bits per heavy atom. The number of benzene rings is 1. The normalized spacial score (nSPS) is 13.1. The number of nitrogens with one attached hydrogen (secondary N) is 1. The van der Waals surface area contributed by atoms with Crippen molar-refractivity contribution in [2.75, 3.05) is 0 Å². The van der Waals surface area contributed by atoms with Crippen LogP contribution < -0.4 is 11.1 Å². The van der Waals surface area contributed by atoms with Gasteiger partial charge in [0.05, 0.1) is 11.6 Å². The Morgan fingerprint density at radius 3 is 2.73 bits per heavy atom. The van der Waals surface area contributed by atoms with Crippen LogP contribution in [0.4, 0.5) is 0 Å². The number of hydrogen-bond donors (Lipinski definition) is 2. The van der Waals surface area contributed by atoms with Crippen LogP contribution in [0.5, 0.6) is 0 Å². The Balaban J connectivity index is 2.18. The van der Waals surface area contributed by atoms with Crippen LogP contribution in [0.1, 0.15) is 23.8 Å². The van der Waals surface area contributed by atoms with Gasteiger partial charge in [-0.25, -0.2) is 4.98 Å². The maximum Gasteiger partial charge on any atom is 0.270 e. The molecule has 0 fully saturated rings. The van der Waals surface area contributed by atoms with E-state index in [1.165, 1.54) is 0 Å². The number of para-hydroxylation sites is 1. The molecule has 3 N–H and O–H groups in total. The van der Waals surface area contributed by atoms with E-state index in [0.29, 0.717) is 5.52 Å². The highest BCUT2D eigenvalue weighted by molar-refractivity contribution is 5.97. The molecular weight excluding hydrogens is 280 g/mol. The molecule has 0 aliphatic carbocycles. The van der Waals surface area contributed by atoms with Crippen molar-refractivity contribution < 1.29 is 9.59 Å². The number of fused-ring (bicyclic) bond motifs is 1. The number of hydrogen-bond acceptors (Lipinski definition) is 4. The summed E-state index contributed by atoms with van der Waals surface area (Å²) in [7, 11) is 0. The third-order valence-corrected chi connectivity index (χ3v) is 3.29. The van der Waals surface area contributed by atoms with Gasteiger partial charge in [0, 0.05) is 11.3 Å². The van der Waals surface area contributed by atoms with Crippen molar-refractivity contribution in [1.82, 2.24) is 10.3 Å². The molecule has 6 nitrogen and oxygen atoms in total. The highest BCUT2D eigenvalue weighted by Crippen LogP contribution is 2.12. The lowest BCUT2D eigenvalue weighted by atomic mass is 10.0. The summed E-state index contributed by atoms with van der Waals surface area (Å²) < 4.78 is 0. The van der Waals surface area contributed by atoms with E-state index in [0.717, 1.165) is 5.39 Å². The first-order chi connectivity index (χ1) is 10.5. The zero-order valence-corrected chi connectivity index (χ0v) is 12.1. The molecule has 2 atom stereocenters. The molecule has 0 aliphatic heterocycles. The molecule has 2 rings (SSSR count). The summed E-state index contributed by atoms with van der Waals surface area (Å²) in [6, 6.07) is 11.9. The molecule has 0 saturated heterocycles. The predicted molar refractivity (Wildman–Crippen MR) is 81.6 cm³/mol. The van der Waals surface area contributed by atoms with E-state index in [9.17, 15) is 9.59 Å². The molecule has 0 saturated carbocycles. The van der Waals surface area contributed by atoms with Gasteiger partial charge in [0.1, 0.15) is 11.7 Å². The maximum atomic E-state index is 12.2. The van der Waals surface area contributed by atoms with Crippen molar-refractivity contribution in [2.45, 2.75) is 19.4 Å². The molecule has 1 heterocycles. The Morgan fingerprint density at radius 1 is 1.32 bits per heavy atom. The van der Waals surface area contributed by atoms with Gasteiger partial charge in [-0.2, -0.15) is 5.26 Å². The summed E-state index contributed by atoms with van der Waals surface area (Å²) in [5.74, 6) is -1.54. The van der Waals surface area contributed by atoms with Gasteiger partial charge in [0.15, 0.2) is 0 Å². The molecule has 112 valence electrons. The van der Waals surface area contributed by atoms with Gasteiger partial charge < -0.3 is 11.1 Å². The molecule has 0 unspecified atom stereocenters. The molecule has 0 bridgehead atoms. The zero-order valence-electron chi connectivity index (χ0n) is 12.1. The fraction of sp³-hybridized carbons (Fsp3) is 0.250. The van der Waals surface area contributed by atoms with E-state index in [-0.39, 0.29) is 18.0 Å². The van der Waals surface area contributed by atoms with E-state index in [1.54, 1.807) is 25.1 Å².